The Balaban J connectivity index is 2.49. The Bertz CT molecular complexity index is 649. The summed E-state index contributed by atoms with van der Waals surface area (Å²) in [5.74, 6) is -0.504. The molecule has 4 atom stereocenters. The van der Waals surface area contributed by atoms with E-state index in [0.717, 1.165) is 0 Å². The molecule has 1 unspecified atom stereocenters. The van der Waals surface area contributed by atoms with Gasteiger partial charge in [0.2, 0.25) is 0 Å². The molecule has 1 heterocycles. The Kier molecular flexibility index (Phi) is 6.80. The zero-order chi connectivity index (χ0) is 19.6. The maximum Gasteiger partial charge on any atom is 0.407 e. The van der Waals surface area contributed by atoms with Crippen LogP contribution in [0, 0.1) is 5.41 Å². The largest absolute Gasteiger partial charge is 0.465 e. The second kappa shape index (κ2) is 8.31. The van der Waals surface area contributed by atoms with Gasteiger partial charge >= 0.3 is 6.09 Å². The predicted molar refractivity (Wildman–Crippen MR) is 100 cm³/mol. The number of rotatable bonds is 3. The summed E-state index contributed by atoms with van der Waals surface area (Å²) in [5, 5.41) is 30.2. The van der Waals surface area contributed by atoms with Gasteiger partial charge in [-0.1, -0.05) is 50.0 Å². The van der Waals surface area contributed by atoms with Gasteiger partial charge in [-0.15, -0.1) is 0 Å². The normalized spacial score (nSPS) is 25.7. The average Bonchev–Trinajstić information content (AvgIpc) is 2.77. The van der Waals surface area contributed by atoms with Gasteiger partial charge in [0.15, 0.2) is 0 Å². The zero-order valence-corrected chi connectivity index (χ0v) is 16.5. The van der Waals surface area contributed by atoms with Crippen LogP contribution in [0.15, 0.2) is 18.2 Å². The highest BCUT2D eigenvalue weighted by atomic mass is 35.5. The molecule has 1 aromatic rings. The lowest BCUT2D eigenvalue weighted by molar-refractivity contribution is -0.121. The van der Waals surface area contributed by atoms with Gasteiger partial charge in [0.25, 0.3) is 0 Å². The minimum Gasteiger partial charge on any atom is -0.465 e. The maximum atomic E-state index is 11.7. The topological polar surface area (TPSA) is 90.2 Å². The molecule has 6 nitrogen and oxygen atoms in total. The van der Waals surface area contributed by atoms with Gasteiger partial charge in [0.05, 0.1) is 35.4 Å². The summed E-state index contributed by atoms with van der Waals surface area (Å²) in [6, 6.07) is 5.00. The number of carbonyl (C=O) groups is 1. The zero-order valence-electron chi connectivity index (χ0n) is 15.0. The second-order valence-corrected chi connectivity index (χ2v) is 8.49. The molecule has 3 N–H and O–H groups in total. The van der Waals surface area contributed by atoms with Gasteiger partial charge in [-0.2, -0.15) is 0 Å². The Morgan fingerprint density at radius 1 is 1.31 bits per heavy atom. The minimum absolute atomic E-state index is 0.113. The smallest absolute Gasteiger partial charge is 0.407 e. The number of ether oxygens (including phenoxy) is 1. The molecule has 1 aliphatic heterocycles. The average molecular weight is 406 g/mol. The number of benzene rings is 1. The van der Waals surface area contributed by atoms with Gasteiger partial charge in [0, 0.05) is 12.5 Å². The molecule has 1 aromatic carbocycles. The van der Waals surface area contributed by atoms with Gasteiger partial charge in [0.1, 0.15) is 6.10 Å². The van der Waals surface area contributed by atoms with Crippen LogP contribution in [0.2, 0.25) is 10.0 Å². The monoisotopic (exact) mass is 405 g/mol. The molecule has 1 saturated heterocycles. The van der Waals surface area contributed by atoms with Crippen molar-refractivity contribution in [2.75, 3.05) is 19.7 Å². The fraction of sp³-hybridized carbons (Fsp3) is 0.611. The highest BCUT2D eigenvalue weighted by Gasteiger charge is 2.42. The van der Waals surface area contributed by atoms with Crippen molar-refractivity contribution < 1.29 is 24.9 Å². The van der Waals surface area contributed by atoms with E-state index in [0.29, 0.717) is 15.6 Å². The first kappa shape index (κ1) is 21.3. The highest BCUT2D eigenvalue weighted by Crippen LogP contribution is 2.36. The second-order valence-electron chi connectivity index (χ2n) is 7.67. The molecule has 0 spiro atoms. The van der Waals surface area contributed by atoms with E-state index in [2.05, 4.69) is 0 Å². The lowest BCUT2D eigenvalue weighted by Crippen LogP contribution is -2.43. The maximum absolute atomic E-state index is 11.7. The molecule has 26 heavy (non-hydrogen) atoms. The summed E-state index contributed by atoms with van der Waals surface area (Å²) in [4.78, 5) is 13.0. The van der Waals surface area contributed by atoms with Crippen LogP contribution < -0.4 is 0 Å². The first-order valence-corrected chi connectivity index (χ1v) is 9.17. The van der Waals surface area contributed by atoms with Crippen LogP contribution in [-0.2, 0) is 4.74 Å². The molecule has 2 rings (SSSR count). The molecule has 0 bridgehead atoms. The molecule has 8 heteroatoms. The first-order chi connectivity index (χ1) is 12.0. The molecule has 0 aliphatic carbocycles. The van der Waals surface area contributed by atoms with Crippen molar-refractivity contribution in [2.45, 2.75) is 45.0 Å². The Labute approximate surface area is 163 Å². The molecule has 1 fully saturated rings. The third-order valence-electron chi connectivity index (χ3n) is 4.70. The van der Waals surface area contributed by atoms with Crippen molar-refractivity contribution in [1.82, 2.24) is 4.90 Å². The van der Waals surface area contributed by atoms with E-state index >= 15 is 0 Å². The third kappa shape index (κ3) is 4.81. The SMILES string of the molecule is CC(C)(C)C1CN(C(=O)O)C[C@@H](c2ccc(Cl)c(Cl)c2)[C@H]([C@@H](O)CO)O1. The van der Waals surface area contributed by atoms with Crippen LogP contribution in [0.25, 0.3) is 0 Å². The van der Waals surface area contributed by atoms with Crippen LogP contribution in [0.4, 0.5) is 4.79 Å². The molecule has 0 radical (unpaired) electrons. The summed E-state index contributed by atoms with van der Waals surface area (Å²) >= 11 is 12.1. The molecule has 1 aliphatic rings. The van der Waals surface area contributed by atoms with Crippen molar-refractivity contribution in [3.05, 3.63) is 33.8 Å². The quantitative estimate of drug-likeness (QED) is 0.717. The van der Waals surface area contributed by atoms with Gasteiger partial charge < -0.3 is 25.0 Å². The predicted octanol–water partition coefficient (Wildman–Crippen LogP) is 3.22. The summed E-state index contributed by atoms with van der Waals surface area (Å²) < 4.78 is 6.16. The van der Waals surface area contributed by atoms with E-state index in [1.54, 1.807) is 18.2 Å². The summed E-state index contributed by atoms with van der Waals surface area (Å²) in [7, 11) is 0. The van der Waals surface area contributed by atoms with Crippen LogP contribution in [-0.4, -0.2) is 64.3 Å². The van der Waals surface area contributed by atoms with Crippen LogP contribution in [0.5, 0.6) is 0 Å². The van der Waals surface area contributed by atoms with E-state index in [1.807, 2.05) is 20.8 Å². The summed E-state index contributed by atoms with van der Waals surface area (Å²) in [6.45, 7) is 5.62. The molecular formula is C18H25Cl2NO5. The van der Waals surface area contributed by atoms with Crippen molar-refractivity contribution in [2.24, 2.45) is 5.41 Å². The number of aliphatic hydroxyl groups excluding tert-OH is 2. The molecule has 146 valence electrons. The fourth-order valence-electron chi connectivity index (χ4n) is 3.08. The molecular weight excluding hydrogens is 381 g/mol. The fourth-order valence-corrected chi connectivity index (χ4v) is 3.39. The lowest BCUT2D eigenvalue weighted by Gasteiger charge is -2.35. The number of halogens is 2. The minimum atomic E-state index is -1.16. The molecule has 0 aromatic heterocycles. The van der Waals surface area contributed by atoms with Crippen molar-refractivity contribution in [3.8, 4) is 0 Å². The van der Waals surface area contributed by atoms with E-state index in [4.69, 9.17) is 27.9 Å². The van der Waals surface area contributed by atoms with Gasteiger partial charge in [-0.25, -0.2) is 4.79 Å². The number of nitrogens with zero attached hydrogens (tertiary/aromatic N) is 1. The Morgan fingerprint density at radius 3 is 2.46 bits per heavy atom. The van der Waals surface area contributed by atoms with Crippen LogP contribution >= 0.6 is 23.2 Å². The highest BCUT2D eigenvalue weighted by molar-refractivity contribution is 6.42. The van der Waals surface area contributed by atoms with Gasteiger partial charge in [-0.3, -0.25) is 0 Å². The lowest BCUT2D eigenvalue weighted by atomic mass is 9.88. The number of amides is 1. The molecule has 1 amide bonds. The van der Waals surface area contributed by atoms with E-state index in [-0.39, 0.29) is 18.5 Å². The number of hydrogen-bond acceptors (Lipinski definition) is 4. The summed E-state index contributed by atoms with van der Waals surface area (Å²) in [5.41, 5.74) is 0.339. The van der Waals surface area contributed by atoms with Crippen molar-refractivity contribution in [1.29, 1.82) is 0 Å². The summed E-state index contributed by atoms with van der Waals surface area (Å²) in [6.07, 6.45) is -3.46. The first-order valence-electron chi connectivity index (χ1n) is 8.41. The Hall–Kier alpha value is -1.05. The van der Waals surface area contributed by atoms with Crippen molar-refractivity contribution in [3.63, 3.8) is 0 Å². The molecule has 0 saturated carbocycles. The van der Waals surface area contributed by atoms with E-state index < -0.39 is 36.9 Å². The third-order valence-corrected chi connectivity index (χ3v) is 5.43. The number of aliphatic hydroxyl groups is 2. The van der Waals surface area contributed by atoms with Crippen LogP contribution in [0.1, 0.15) is 32.3 Å². The Morgan fingerprint density at radius 2 is 1.96 bits per heavy atom. The van der Waals surface area contributed by atoms with Crippen molar-refractivity contribution >= 4 is 29.3 Å². The van der Waals surface area contributed by atoms with E-state index in [1.165, 1.54) is 4.90 Å². The van der Waals surface area contributed by atoms with Gasteiger partial charge in [-0.05, 0) is 23.1 Å². The standard InChI is InChI=1S/C18H25Cl2NO5/c1-18(2,3)15-8-21(17(24)25)7-11(16(26-15)14(23)9-22)10-4-5-12(19)13(20)6-10/h4-6,11,14-16,22-23H,7-9H2,1-3H3,(H,24,25)/t11-,14-,15?,16+/m0/s1. The van der Waals surface area contributed by atoms with Crippen LogP contribution in [0.3, 0.4) is 0 Å². The number of hydrogen-bond donors (Lipinski definition) is 3. The number of carboxylic acid groups (broad SMARTS) is 1. The van der Waals surface area contributed by atoms with E-state index in [9.17, 15) is 20.1 Å².